The highest BCUT2D eigenvalue weighted by Gasteiger charge is 2.35. The number of fused-ring (bicyclic) bond motifs is 2. The summed E-state index contributed by atoms with van der Waals surface area (Å²) in [5.74, 6) is 1.05. The highest BCUT2D eigenvalue weighted by Crippen LogP contribution is 2.29. The average Bonchev–Trinajstić information content (AvgIpc) is 2.86. The lowest BCUT2D eigenvalue weighted by Gasteiger charge is -2.35. The molecule has 0 aromatic carbocycles. The molecule has 2 saturated heterocycles. The van der Waals surface area contributed by atoms with Crippen LogP contribution < -0.4 is 5.32 Å². The number of hydrogen-bond acceptors (Lipinski definition) is 4. The molecule has 3 rings (SSSR count). The van der Waals surface area contributed by atoms with Gasteiger partial charge in [-0.1, -0.05) is 0 Å². The molecule has 1 aromatic heterocycles. The average molecular weight is 308 g/mol. The van der Waals surface area contributed by atoms with Crippen LogP contribution in [0, 0.1) is 0 Å². The summed E-state index contributed by atoms with van der Waals surface area (Å²) in [7, 11) is 4.17. The molecule has 2 bridgehead atoms. The summed E-state index contributed by atoms with van der Waals surface area (Å²) in [4.78, 5) is 6.74. The second kappa shape index (κ2) is 6.88. The van der Waals surface area contributed by atoms with Gasteiger partial charge in [-0.3, -0.25) is 9.58 Å². The molecule has 0 aliphatic carbocycles. The first-order chi connectivity index (χ1) is 8.22. The Kier molecular flexibility index (Phi) is 6.05. The molecule has 5 nitrogen and oxygen atoms in total. The lowest BCUT2D eigenvalue weighted by molar-refractivity contribution is 0.161. The van der Waals surface area contributed by atoms with Crippen LogP contribution in [-0.4, -0.2) is 44.8 Å². The normalized spacial score (nSPS) is 28.9. The van der Waals surface area contributed by atoms with Gasteiger partial charge in [0.25, 0.3) is 0 Å². The molecular formula is C12H23Cl2N5. The zero-order valence-electron chi connectivity index (χ0n) is 11.5. The fourth-order valence-corrected chi connectivity index (χ4v) is 3.20. The number of aryl methyl sites for hydroxylation is 1. The second-order valence-electron chi connectivity index (χ2n) is 5.48. The third-order valence-corrected chi connectivity index (χ3v) is 4.27. The van der Waals surface area contributed by atoms with Gasteiger partial charge in [0.1, 0.15) is 12.2 Å². The van der Waals surface area contributed by atoms with Gasteiger partial charge >= 0.3 is 0 Å². The van der Waals surface area contributed by atoms with Crippen molar-refractivity contribution in [3.63, 3.8) is 0 Å². The van der Waals surface area contributed by atoms with Crippen molar-refractivity contribution in [1.29, 1.82) is 0 Å². The first-order valence-electron chi connectivity index (χ1n) is 6.51. The molecule has 1 aromatic rings. The van der Waals surface area contributed by atoms with E-state index in [1.807, 2.05) is 11.7 Å². The Balaban J connectivity index is 0.000000902. The maximum atomic E-state index is 4.30. The smallest absolute Gasteiger partial charge is 0.140 e. The Hall–Kier alpha value is -0.360. The Morgan fingerprint density at radius 2 is 1.95 bits per heavy atom. The van der Waals surface area contributed by atoms with E-state index in [-0.39, 0.29) is 24.8 Å². The maximum absolute atomic E-state index is 4.30. The quantitative estimate of drug-likeness (QED) is 0.916. The monoisotopic (exact) mass is 307 g/mol. The van der Waals surface area contributed by atoms with Crippen LogP contribution in [0.4, 0.5) is 0 Å². The van der Waals surface area contributed by atoms with Crippen molar-refractivity contribution in [3.05, 3.63) is 12.2 Å². The molecule has 2 aliphatic rings. The predicted octanol–water partition coefficient (Wildman–Crippen LogP) is 1.37. The SMILES string of the molecule is CN(Cc1ncnn1C)C1CC2CCC(C1)N2.Cl.Cl. The van der Waals surface area contributed by atoms with Crippen LogP contribution in [0.5, 0.6) is 0 Å². The van der Waals surface area contributed by atoms with E-state index in [0.717, 1.165) is 24.5 Å². The van der Waals surface area contributed by atoms with Crippen molar-refractivity contribution < 1.29 is 0 Å². The molecule has 19 heavy (non-hydrogen) atoms. The summed E-state index contributed by atoms with van der Waals surface area (Å²) < 4.78 is 1.87. The van der Waals surface area contributed by atoms with E-state index in [9.17, 15) is 0 Å². The minimum atomic E-state index is 0. The molecular weight excluding hydrogens is 285 g/mol. The van der Waals surface area contributed by atoms with E-state index in [2.05, 4.69) is 27.3 Å². The third-order valence-electron chi connectivity index (χ3n) is 4.27. The van der Waals surface area contributed by atoms with Gasteiger partial charge < -0.3 is 5.32 Å². The first-order valence-corrected chi connectivity index (χ1v) is 6.51. The van der Waals surface area contributed by atoms with Crippen molar-refractivity contribution >= 4 is 24.8 Å². The summed E-state index contributed by atoms with van der Waals surface area (Å²) in [6.07, 6.45) is 6.92. The summed E-state index contributed by atoms with van der Waals surface area (Å²) >= 11 is 0. The van der Waals surface area contributed by atoms with Crippen LogP contribution in [0.3, 0.4) is 0 Å². The number of halogens is 2. The standard InChI is InChI=1S/C12H21N5.2ClH/c1-16(7-12-13-8-14-17(12)2)11-5-9-3-4-10(6-11)15-9;;/h8-11,15H,3-7H2,1-2H3;2*1H. The number of aromatic nitrogens is 3. The number of rotatable bonds is 3. The van der Waals surface area contributed by atoms with E-state index in [1.54, 1.807) is 6.33 Å². The van der Waals surface area contributed by atoms with E-state index in [4.69, 9.17) is 0 Å². The molecule has 0 amide bonds. The summed E-state index contributed by atoms with van der Waals surface area (Å²) in [5, 5.41) is 7.81. The van der Waals surface area contributed by atoms with Crippen LogP contribution in [0.25, 0.3) is 0 Å². The van der Waals surface area contributed by atoms with Gasteiger partial charge in [0, 0.05) is 25.2 Å². The van der Waals surface area contributed by atoms with Gasteiger partial charge in [0.2, 0.25) is 0 Å². The molecule has 2 fully saturated rings. The zero-order chi connectivity index (χ0) is 11.8. The van der Waals surface area contributed by atoms with E-state index < -0.39 is 0 Å². The molecule has 0 spiro atoms. The molecule has 110 valence electrons. The van der Waals surface area contributed by atoms with Gasteiger partial charge in [0.05, 0.1) is 6.54 Å². The Bertz CT molecular complexity index is 385. The van der Waals surface area contributed by atoms with Crippen LogP contribution >= 0.6 is 24.8 Å². The molecule has 0 saturated carbocycles. The van der Waals surface area contributed by atoms with Gasteiger partial charge in [-0.15, -0.1) is 24.8 Å². The maximum Gasteiger partial charge on any atom is 0.140 e. The van der Waals surface area contributed by atoms with Crippen molar-refractivity contribution in [1.82, 2.24) is 25.0 Å². The van der Waals surface area contributed by atoms with Crippen LogP contribution in [-0.2, 0) is 13.6 Å². The highest BCUT2D eigenvalue weighted by atomic mass is 35.5. The topological polar surface area (TPSA) is 46.0 Å². The Morgan fingerprint density at radius 3 is 2.47 bits per heavy atom. The summed E-state index contributed by atoms with van der Waals surface area (Å²) in [5.41, 5.74) is 0. The number of piperidine rings is 1. The molecule has 3 heterocycles. The van der Waals surface area contributed by atoms with E-state index in [1.165, 1.54) is 25.7 Å². The highest BCUT2D eigenvalue weighted by molar-refractivity contribution is 5.85. The van der Waals surface area contributed by atoms with E-state index in [0.29, 0.717) is 6.04 Å². The lowest BCUT2D eigenvalue weighted by Crippen LogP contribution is -2.46. The second-order valence-corrected chi connectivity index (χ2v) is 5.48. The van der Waals surface area contributed by atoms with Gasteiger partial charge in [-0.2, -0.15) is 5.10 Å². The first kappa shape index (κ1) is 16.7. The van der Waals surface area contributed by atoms with Gasteiger partial charge in [-0.05, 0) is 32.7 Å². The lowest BCUT2D eigenvalue weighted by atomic mass is 9.98. The number of nitrogens with zero attached hydrogens (tertiary/aromatic N) is 4. The Labute approximate surface area is 127 Å². The largest absolute Gasteiger partial charge is 0.311 e. The summed E-state index contributed by atoms with van der Waals surface area (Å²) in [6.45, 7) is 0.903. The minimum absolute atomic E-state index is 0. The van der Waals surface area contributed by atoms with Crippen LogP contribution in [0.1, 0.15) is 31.5 Å². The van der Waals surface area contributed by atoms with Crippen molar-refractivity contribution in [2.75, 3.05) is 7.05 Å². The number of nitrogens with one attached hydrogen (secondary N) is 1. The summed E-state index contributed by atoms with van der Waals surface area (Å²) in [6, 6.07) is 2.20. The Morgan fingerprint density at radius 1 is 1.32 bits per heavy atom. The fourth-order valence-electron chi connectivity index (χ4n) is 3.20. The minimum Gasteiger partial charge on any atom is -0.311 e. The molecule has 2 unspecified atom stereocenters. The predicted molar refractivity (Wildman–Crippen MR) is 79.9 cm³/mol. The molecule has 1 N–H and O–H groups in total. The van der Waals surface area contributed by atoms with Crippen LogP contribution in [0.15, 0.2) is 6.33 Å². The molecule has 2 aliphatic heterocycles. The molecule has 7 heteroatoms. The number of hydrogen-bond donors (Lipinski definition) is 1. The zero-order valence-corrected chi connectivity index (χ0v) is 13.1. The fraction of sp³-hybridized carbons (Fsp3) is 0.833. The van der Waals surface area contributed by atoms with Crippen molar-refractivity contribution in [2.24, 2.45) is 7.05 Å². The molecule has 2 atom stereocenters. The van der Waals surface area contributed by atoms with Crippen molar-refractivity contribution in [2.45, 2.75) is 50.4 Å². The van der Waals surface area contributed by atoms with Crippen LogP contribution in [0.2, 0.25) is 0 Å². The van der Waals surface area contributed by atoms with Crippen molar-refractivity contribution in [3.8, 4) is 0 Å². The van der Waals surface area contributed by atoms with Gasteiger partial charge in [0.15, 0.2) is 0 Å². The third kappa shape index (κ3) is 3.60. The van der Waals surface area contributed by atoms with Gasteiger partial charge in [-0.25, -0.2) is 4.98 Å². The van der Waals surface area contributed by atoms with E-state index >= 15 is 0 Å². The molecule has 0 radical (unpaired) electrons.